The normalized spacial score (nSPS) is 18.3. The molecule has 2 aliphatic rings. The molecule has 2 fully saturated rings. The third-order valence-corrected chi connectivity index (χ3v) is 5.53. The van der Waals surface area contributed by atoms with Crippen molar-refractivity contribution < 1.29 is 9.59 Å². The molecule has 0 atom stereocenters. The zero-order valence-corrected chi connectivity index (χ0v) is 16.2. The molecule has 1 aliphatic carbocycles. The molecule has 3 N–H and O–H groups in total. The van der Waals surface area contributed by atoms with Crippen molar-refractivity contribution in [3.63, 3.8) is 0 Å². The summed E-state index contributed by atoms with van der Waals surface area (Å²) in [4.78, 5) is 31.7. The molecule has 4 rings (SSSR count). The van der Waals surface area contributed by atoms with E-state index in [-0.39, 0.29) is 11.8 Å². The Labute approximate surface area is 165 Å². The number of rotatable bonds is 8. The standard InChI is InChI=1S/C21H29N5O2/c27-20(22-8-7-16-13-23-19-4-2-1-3-18(16)19)14-25-9-11-26(12-10-25)15-21(28)24-17-5-6-17/h1-4,13,17,23H,5-12,14-15H2,(H,22,27)(H,24,28). The molecule has 2 aromatic rings. The Balaban J connectivity index is 1.13. The third-order valence-electron chi connectivity index (χ3n) is 5.53. The number of carbonyl (C=O) groups is 2. The van der Waals surface area contributed by atoms with E-state index >= 15 is 0 Å². The van der Waals surface area contributed by atoms with E-state index in [1.807, 2.05) is 18.3 Å². The van der Waals surface area contributed by atoms with Gasteiger partial charge in [0, 0.05) is 55.9 Å². The predicted molar refractivity (Wildman–Crippen MR) is 109 cm³/mol. The van der Waals surface area contributed by atoms with Gasteiger partial charge >= 0.3 is 0 Å². The number of nitrogens with one attached hydrogen (secondary N) is 3. The summed E-state index contributed by atoms with van der Waals surface area (Å²) in [6, 6.07) is 8.64. The van der Waals surface area contributed by atoms with Gasteiger partial charge in [-0.25, -0.2) is 0 Å². The molecule has 28 heavy (non-hydrogen) atoms. The average molecular weight is 383 g/mol. The van der Waals surface area contributed by atoms with E-state index in [1.165, 1.54) is 10.9 Å². The van der Waals surface area contributed by atoms with Crippen molar-refractivity contribution in [1.29, 1.82) is 0 Å². The van der Waals surface area contributed by atoms with E-state index in [1.54, 1.807) is 0 Å². The van der Waals surface area contributed by atoms with Gasteiger partial charge in [0.05, 0.1) is 13.1 Å². The Bertz CT molecular complexity index is 821. The monoisotopic (exact) mass is 383 g/mol. The van der Waals surface area contributed by atoms with Gasteiger partial charge in [0.1, 0.15) is 0 Å². The van der Waals surface area contributed by atoms with Crippen molar-refractivity contribution >= 4 is 22.7 Å². The maximum absolute atomic E-state index is 12.3. The summed E-state index contributed by atoms with van der Waals surface area (Å²) in [5.41, 5.74) is 2.36. The van der Waals surface area contributed by atoms with Crippen LogP contribution < -0.4 is 10.6 Å². The lowest BCUT2D eigenvalue weighted by Gasteiger charge is -2.33. The zero-order chi connectivity index (χ0) is 19.3. The molecule has 1 saturated carbocycles. The van der Waals surface area contributed by atoms with Crippen molar-refractivity contribution in [2.75, 3.05) is 45.8 Å². The minimum Gasteiger partial charge on any atom is -0.361 e. The maximum atomic E-state index is 12.3. The van der Waals surface area contributed by atoms with E-state index in [0.29, 0.717) is 25.7 Å². The van der Waals surface area contributed by atoms with Crippen molar-refractivity contribution in [3.05, 3.63) is 36.0 Å². The van der Waals surface area contributed by atoms with Crippen LogP contribution in [0.3, 0.4) is 0 Å². The first kappa shape index (κ1) is 19.0. The number of amides is 2. The fraction of sp³-hybridized carbons (Fsp3) is 0.524. The van der Waals surface area contributed by atoms with Gasteiger partial charge in [-0.3, -0.25) is 19.4 Å². The van der Waals surface area contributed by atoms with Crippen molar-refractivity contribution in [1.82, 2.24) is 25.4 Å². The minimum absolute atomic E-state index is 0.0692. The van der Waals surface area contributed by atoms with Crippen LogP contribution in [0.5, 0.6) is 0 Å². The SMILES string of the molecule is O=C(CN1CCN(CC(=O)NC2CC2)CC1)NCCc1c[nH]c2ccccc12. The number of nitrogens with zero attached hydrogens (tertiary/aromatic N) is 2. The molecular formula is C21H29N5O2. The van der Waals surface area contributed by atoms with E-state index in [0.717, 1.165) is 51.0 Å². The van der Waals surface area contributed by atoms with Crippen molar-refractivity contribution in [2.24, 2.45) is 0 Å². The fourth-order valence-electron chi connectivity index (χ4n) is 3.74. The van der Waals surface area contributed by atoms with Crippen LogP contribution in [0, 0.1) is 0 Å². The molecule has 0 spiro atoms. The van der Waals surface area contributed by atoms with Gasteiger partial charge in [0.25, 0.3) is 0 Å². The Kier molecular flexibility index (Phi) is 5.92. The number of benzene rings is 1. The van der Waals surface area contributed by atoms with Gasteiger partial charge in [-0.15, -0.1) is 0 Å². The molecule has 0 bridgehead atoms. The highest BCUT2D eigenvalue weighted by molar-refractivity contribution is 5.83. The number of H-pyrrole nitrogens is 1. The number of hydrogen-bond donors (Lipinski definition) is 3. The van der Waals surface area contributed by atoms with Crippen LogP contribution in [0.15, 0.2) is 30.5 Å². The molecule has 2 heterocycles. The lowest BCUT2D eigenvalue weighted by atomic mass is 10.1. The van der Waals surface area contributed by atoms with Crippen LogP contribution >= 0.6 is 0 Å². The topological polar surface area (TPSA) is 80.5 Å². The molecule has 0 radical (unpaired) electrons. The highest BCUT2D eigenvalue weighted by Crippen LogP contribution is 2.18. The second-order valence-corrected chi connectivity index (χ2v) is 7.85. The highest BCUT2D eigenvalue weighted by Gasteiger charge is 2.25. The highest BCUT2D eigenvalue weighted by atomic mass is 16.2. The number of aromatic nitrogens is 1. The molecule has 1 saturated heterocycles. The summed E-state index contributed by atoms with van der Waals surface area (Å²) in [7, 11) is 0. The molecule has 1 aromatic carbocycles. The van der Waals surface area contributed by atoms with Crippen LogP contribution in [-0.2, 0) is 16.0 Å². The lowest BCUT2D eigenvalue weighted by molar-refractivity contribution is -0.125. The molecular weight excluding hydrogens is 354 g/mol. The van der Waals surface area contributed by atoms with Gasteiger partial charge in [0.15, 0.2) is 0 Å². The van der Waals surface area contributed by atoms with Crippen molar-refractivity contribution in [2.45, 2.75) is 25.3 Å². The van der Waals surface area contributed by atoms with E-state index in [4.69, 9.17) is 0 Å². The number of fused-ring (bicyclic) bond motifs is 1. The first-order valence-corrected chi connectivity index (χ1v) is 10.2. The number of piperazine rings is 1. The van der Waals surface area contributed by atoms with Gasteiger partial charge in [-0.2, -0.15) is 0 Å². The smallest absolute Gasteiger partial charge is 0.234 e. The molecule has 0 unspecified atom stereocenters. The average Bonchev–Trinajstić information content (AvgIpc) is 3.41. The Morgan fingerprint density at radius 3 is 2.39 bits per heavy atom. The Morgan fingerprint density at radius 1 is 1.00 bits per heavy atom. The first-order chi connectivity index (χ1) is 13.7. The predicted octanol–water partition coefficient (Wildman–Crippen LogP) is 0.723. The lowest BCUT2D eigenvalue weighted by Crippen LogP contribution is -2.51. The van der Waals surface area contributed by atoms with Gasteiger partial charge < -0.3 is 15.6 Å². The fourth-order valence-corrected chi connectivity index (χ4v) is 3.74. The summed E-state index contributed by atoms with van der Waals surface area (Å²) in [6.45, 7) is 4.86. The zero-order valence-electron chi connectivity index (χ0n) is 16.2. The molecule has 2 amide bonds. The molecule has 1 aliphatic heterocycles. The first-order valence-electron chi connectivity index (χ1n) is 10.2. The van der Waals surface area contributed by atoms with E-state index in [2.05, 4.69) is 37.6 Å². The molecule has 7 heteroatoms. The summed E-state index contributed by atoms with van der Waals surface area (Å²) < 4.78 is 0. The summed E-state index contributed by atoms with van der Waals surface area (Å²) >= 11 is 0. The van der Waals surface area contributed by atoms with Crippen LogP contribution in [-0.4, -0.2) is 78.5 Å². The van der Waals surface area contributed by atoms with E-state index in [9.17, 15) is 9.59 Å². The summed E-state index contributed by atoms with van der Waals surface area (Å²) in [5.74, 6) is 0.200. The quantitative estimate of drug-likeness (QED) is 0.628. The third kappa shape index (κ3) is 5.11. The minimum atomic E-state index is 0.0692. The van der Waals surface area contributed by atoms with Gasteiger partial charge in [0.2, 0.25) is 11.8 Å². The van der Waals surface area contributed by atoms with Crippen LogP contribution in [0.2, 0.25) is 0 Å². The van der Waals surface area contributed by atoms with Crippen LogP contribution in [0.4, 0.5) is 0 Å². The molecule has 7 nitrogen and oxygen atoms in total. The second kappa shape index (κ2) is 8.75. The maximum Gasteiger partial charge on any atom is 0.234 e. The van der Waals surface area contributed by atoms with Crippen LogP contribution in [0.25, 0.3) is 10.9 Å². The Morgan fingerprint density at radius 2 is 1.68 bits per heavy atom. The number of para-hydroxylation sites is 1. The largest absolute Gasteiger partial charge is 0.361 e. The van der Waals surface area contributed by atoms with Gasteiger partial charge in [-0.1, -0.05) is 18.2 Å². The van der Waals surface area contributed by atoms with Crippen molar-refractivity contribution in [3.8, 4) is 0 Å². The molecule has 1 aromatic heterocycles. The van der Waals surface area contributed by atoms with E-state index < -0.39 is 0 Å². The van der Waals surface area contributed by atoms with Gasteiger partial charge in [-0.05, 0) is 30.9 Å². The summed E-state index contributed by atoms with van der Waals surface area (Å²) in [6.07, 6.45) is 5.08. The number of hydrogen-bond acceptors (Lipinski definition) is 4. The Hall–Kier alpha value is -2.38. The molecule has 150 valence electrons. The van der Waals surface area contributed by atoms with Crippen LogP contribution in [0.1, 0.15) is 18.4 Å². The second-order valence-electron chi connectivity index (χ2n) is 7.85. The summed E-state index contributed by atoms with van der Waals surface area (Å²) in [5, 5.41) is 7.28. The number of aromatic amines is 1. The number of carbonyl (C=O) groups excluding carboxylic acids is 2.